The largest absolute Gasteiger partial charge is 1.00 e. The molecule has 15 heavy (non-hydrogen) atoms. The molecule has 0 aliphatic carbocycles. The van der Waals surface area contributed by atoms with E-state index in [0.29, 0.717) is 0 Å². The Bertz CT molecular complexity index is 138. The van der Waals surface area contributed by atoms with Crippen LogP contribution in [-0.2, 0) is 0 Å². The molecule has 1 aliphatic heterocycles. The Morgan fingerprint density at radius 3 is 2.33 bits per heavy atom. The van der Waals surface area contributed by atoms with Crippen LogP contribution in [0.3, 0.4) is 0 Å². The molecule has 0 amide bonds. The van der Waals surface area contributed by atoms with Gasteiger partial charge < -0.3 is 9.60 Å². The molecule has 1 rings (SSSR count). The summed E-state index contributed by atoms with van der Waals surface area (Å²) in [4.78, 5) is 1.87. The smallest absolute Gasteiger partial charge is 0.0799 e. The lowest BCUT2D eigenvalue weighted by Crippen LogP contribution is -3.10. The van der Waals surface area contributed by atoms with E-state index in [4.69, 9.17) is 0 Å². The van der Waals surface area contributed by atoms with Gasteiger partial charge in [-0.3, -0.25) is 0 Å². The summed E-state index contributed by atoms with van der Waals surface area (Å²) in [6.07, 6.45) is 10.1. The van der Waals surface area contributed by atoms with Crippen molar-refractivity contribution < 1.29 is 9.60 Å². The second-order valence-electron chi connectivity index (χ2n) is 5.12. The highest BCUT2D eigenvalue weighted by atomic mass is 19.0. The molecule has 2 heteroatoms. The van der Waals surface area contributed by atoms with Gasteiger partial charge in [-0.2, -0.15) is 0 Å². The lowest BCUT2D eigenvalue weighted by molar-refractivity contribution is -0.889. The molecule has 2 unspecified atom stereocenters. The fraction of sp³-hybridized carbons (Fsp3) is 1.00. The third kappa shape index (κ3) is 6.88. The van der Waals surface area contributed by atoms with E-state index in [1.54, 1.807) is 0 Å². The van der Waals surface area contributed by atoms with Gasteiger partial charge in [-0.1, -0.05) is 39.5 Å². The van der Waals surface area contributed by atoms with Crippen molar-refractivity contribution >= 4 is 0 Å². The Kier molecular flexibility index (Phi) is 9.07. The summed E-state index contributed by atoms with van der Waals surface area (Å²) >= 11 is 0. The van der Waals surface area contributed by atoms with Crippen molar-refractivity contribution in [3.63, 3.8) is 0 Å². The quantitative estimate of drug-likeness (QED) is 0.537. The zero-order valence-electron chi connectivity index (χ0n) is 10.5. The Hall–Kier alpha value is -0.110. The molecular weight excluding hydrogens is 189 g/mol. The molecule has 1 heterocycles. The van der Waals surface area contributed by atoms with Crippen LogP contribution in [0.25, 0.3) is 0 Å². The number of rotatable bonds is 7. The Balaban J connectivity index is 0.00000196. The van der Waals surface area contributed by atoms with Crippen molar-refractivity contribution in [3.05, 3.63) is 0 Å². The van der Waals surface area contributed by atoms with Gasteiger partial charge in [0.25, 0.3) is 0 Å². The first-order valence-corrected chi connectivity index (χ1v) is 6.66. The van der Waals surface area contributed by atoms with Crippen LogP contribution in [0.4, 0.5) is 0 Å². The zero-order valence-corrected chi connectivity index (χ0v) is 10.5. The maximum Gasteiger partial charge on any atom is 0.0799 e. The molecule has 0 aromatic heterocycles. The van der Waals surface area contributed by atoms with Gasteiger partial charge in [0.15, 0.2) is 0 Å². The number of likely N-dealkylation sites (tertiary alicyclic amines) is 1. The van der Waals surface area contributed by atoms with Gasteiger partial charge in [-0.15, -0.1) is 0 Å². The minimum Gasteiger partial charge on any atom is -1.00 e. The average molecular weight is 217 g/mol. The number of nitrogens with one attached hydrogen (secondary N) is 1. The van der Waals surface area contributed by atoms with Crippen LogP contribution in [0, 0.1) is 5.92 Å². The molecule has 0 spiro atoms. The van der Waals surface area contributed by atoms with Crippen LogP contribution in [0.5, 0.6) is 0 Å². The number of quaternary nitrogens is 1. The monoisotopic (exact) mass is 217 g/mol. The first-order chi connectivity index (χ1) is 6.83. The van der Waals surface area contributed by atoms with E-state index in [2.05, 4.69) is 13.8 Å². The number of hydrogen-bond donors (Lipinski definition) is 1. The van der Waals surface area contributed by atoms with Crippen LogP contribution in [0.1, 0.15) is 58.8 Å². The first-order valence-electron chi connectivity index (χ1n) is 6.66. The van der Waals surface area contributed by atoms with Crippen molar-refractivity contribution in [1.29, 1.82) is 0 Å². The summed E-state index contributed by atoms with van der Waals surface area (Å²) in [5.74, 6) is 0.991. The van der Waals surface area contributed by atoms with Crippen LogP contribution < -0.4 is 9.60 Å². The van der Waals surface area contributed by atoms with Gasteiger partial charge in [0, 0.05) is 12.3 Å². The normalized spacial score (nSPS) is 25.2. The zero-order chi connectivity index (χ0) is 10.2. The third-order valence-corrected chi connectivity index (χ3v) is 3.51. The predicted octanol–water partition coefficient (Wildman–Crippen LogP) is -0.724. The summed E-state index contributed by atoms with van der Waals surface area (Å²) in [7, 11) is 0. The number of halogens is 1. The molecule has 0 radical (unpaired) electrons. The van der Waals surface area contributed by atoms with E-state index in [9.17, 15) is 0 Å². The van der Waals surface area contributed by atoms with Crippen molar-refractivity contribution in [2.24, 2.45) is 5.92 Å². The van der Waals surface area contributed by atoms with E-state index < -0.39 is 0 Å². The Labute approximate surface area is 94.6 Å². The summed E-state index contributed by atoms with van der Waals surface area (Å²) in [6.45, 7) is 9.01. The minimum absolute atomic E-state index is 0. The fourth-order valence-electron chi connectivity index (χ4n) is 2.53. The molecule has 0 aromatic rings. The number of unbranched alkanes of at least 4 members (excludes halogenated alkanes) is 5. The van der Waals surface area contributed by atoms with Crippen molar-refractivity contribution in [2.45, 2.75) is 58.8 Å². The van der Waals surface area contributed by atoms with Crippen LogP contribution in [0.15, 0.2) is 0 Å². The predicted molar refractivity (Wildman–Crippen MR) is 62.7 cm³/mol. The van der Waals surface area contributed by atoms with Gasteiger partial charge in [0.2, 0.25) is 0 Å². The van der Waals surface area contributed by atoms with E-state index in [0.717, 1.165) is 5.92 Å². The van der Waals surface area contributed by atoms with Crippen LogP contribution in [0.2, 0.25) is 0 Å². The molecule has 92 valence electrons. The third-order valence-electron chi connectivity index (χ3n) is 3.51. The molecule has 2 atom stereocenters. The van der Waals surface area contributed by atoms with Crippen LogP contribution >= 0.6 is 0 Å². The van der Waals surface area contributed by atoms with Gasteiger partial charge in [-0.25, -0.2) is 0 Å². The summed E-state index contributed by atoms with van der Waals surface area (Å²) in [5, 5.41) is 0. The molecule has 0 bridgehead atoms. The highest BCUT2D eigenvalue weighted by Gasteiger charge is 2.21. The van der Waals surface area contributed by atoms with E-state index in [-0.39, 0.29) is 4.70 Å². The lowest BCUT2D eigenvalue weighted by atomic mass is 10.1. The molecular formula is C13H28FN. The van der Waals surface area contributed by atoms with Gasteiger partial charge in [0.1, 0.15) is 0 Å². The molecule has 1 saturated heterocycles. The summed E-state index contributed by atoms with van der Waals surface area (Å²) in [5.41, 5.74) is 0. The van der Waals surface area contributed by atoms with Crippen molar-refractivity contribution in [2.75, 3.05) is 19.6 Å². The molecule has 0 aromatic carbocycles. The summed E-state index contributed by atoms with van der Waals surface area (Å²) in [6, 6.07) is 0. The standard InChI is InChI=1S/C13H27N.FH/c1-3-4-5-6-7-8-10-14-11-9-13(2)12-14;/h13H,3-12H2,1-2H3;1H. The topological polar surface area (TPSA) is 4.44 Å². The Morgan fingerprint density at radius 1 is 1.07 bits per heavy atom. The number of hydrogen-bond acceptors (Lipinski definition) is 0. The highest BCUT2D eigenvalue weighted by Crippen LogP contribution is 2.05. The van der Waals surface area contributed by atoms with Gasteiger partial charge >= 0.3 is 0 Å². The molecule has 1 fully saturated rings. The molecule has 1 nitrogen and oxygen atoms in total. The Morgan fingerprint density at radius 2 is 1.73 bits per heavy atom. The SMILES string of the molecule is CCCCCCCC[NH+]1CCC(C)C1.[F-]. The molecule has 1 aliphatic rings. The van der Waals surface area contributed by atoms with E-state index in [1.807, 2.05) is 4.90 Å². The fourth-order valence-corrected chi connectivity index (χ4v) is 2.53. The highest BCUT2D eigenvalue weighted by molar-refractivity contribution is 4.55. The second-order valence-corrected chi connectivity index (χ2v) is 5.12. The molecule has 1 N–H and O–H groups in total. The first kappa shape index (κ1) is 14.9. The second kappa shape index (κ2) is 9.14. The van der Waals surface area contributed by atoms with E-state index >= 15 is 0 Å². The molecule has 0 saturated carbocycles. The van der Waals surface area contributed by atoms with Crippen LogP contribution in [-0.4, -0.2) is 19.6 Å². The lowest BCUT2D eigenvalue weighted by Gasteiger charge is -2.11. The minimum atomic E-state index is 0. The maximum absolute atomic E-state index is 2.40. The van der Waals surface area contributed by atoms with Crippen molar-refractivity contribution in [3.8, 4) is 0 Å². The van der Waals surface area contributed by atoms with Crippen molar-refractivity contribution in [1.82, 2.24) is 0 Å². The van der Waals surface area contributed by atoms with Gasteiger partial charge in [-0.05, 0) is 12.8 Å². The maximum atomic E-state index is 2.40. The summed E-state index contributed by atoms with van der Waals surface area (Å²) < 4.78 is 0. The van der Waals surface area contributed by atoms with Gasteiger partial charge in [0.05, 0.1) is 19.6 Å². The average Bonchev–Trinajstić information content (AvgIpc) is 2.58. The van der Waals surface area contributed by atoms with E-state index in [1.165, 1.54) is 64.6 Å².